The van der Waals surface area contributed by atoms with E-state index in [-0.39, 0.29) is 0 Å². The Morgan fingerprint density at radius 3 is 1.88 bits per heavy atom. The van der Waals surface area contributed by atoms with Crippen molar-refractivity contribution in [3.05, 3.63) is 182 Å². The van der Waals surface area contributed by atoms with Crippen LogP contribution in [0.25, 0.3) is 94.2 Å². The molecule has 7 aromatic carbocycles. The lowest BCUT2D eigenvalue weighted by Crippen LogP contribution is -1.94. The topological polar surface area (TPSA) is 31.0 Å². The molecule has 0 atom stereocenters. The smallest absolute Gasteiger partial charge is 0.144 e. The summed E-state index contributed by atoms with van der Waals surface area (Å²) in [6, 6.07) is 64.3. The van der Waals surface area contributed by atoms with Gasteiger partial charge in [-0.05, 0) is 82.9 Å². The van der Waals surface area contributed by atoms with E-state index in [2.05, 4.69) is 174 Å². The first-order valence-electron chi connectivity index (χ1n) is 17.0. The van der Waals surface area contributed by atoms with Gasteiger partial charge in [-0.15, -0.1) is 0 Å². The molecule has 0 N–H and O–H groups in total. The minimum absolute atomic E-state index is 0.851. The van der Waals surface area contributed by atoms with Gasteiger partial charge in [0.1, 0.15) is 11.2 Å². The maximum Gasteiger partial charge on any atom is 0.144 e. The van der Waals surface area contributed by atoms with Gasteiger partial charge >= 0.3 is 0 Å². The van der Waals surface area contributed by atoms with Gasteiger partial charge in [0.05, 0.1) is 22.4 Å². The van der Waals surface area contributed by atoms with E-state index in [4.69, 9.17) is 9.40 Å². The van der Waals surface area contributed by atoms with Gasteiger partial charge in [0.15, 0.2) is 0 Å². The van der Waals surface area contributed by atoms with Gasteiger partial charge in [0.25, 0.3) is 0 Å². The van der Waals surface area contributed by atoms with E-state index in [0.717, 1.165) is 61.3 Å². The molecule has 0 bridgehead atoms. The van der Waals surface area contributed by atoms with Crippen LogP contribution in [0.1, 0.15) is 0 Å². The lowest BCUT2D eigenvalue weighted by atomic mass is 9.96. The van der Waals surface area contributed by atoms with Crippen LogP contribution in [0, 0.1) is 0 Å². The maximum atomic E-state index is 6.51. The molecule has 3 aromatic heterocycles. The van der Waals surface area contributed by atoms with Gasteiger partial charge in [-0.25, -0.2) is 4.98 Å². The molecular weight excluding hydrogens is 609 g/mol. The van der Waals surface area contributed by atoms with Gasteiger partial charge in [-0.3, -0.25) is 0 Å². The number of benzene rings is 7. The van der Waals surface area contributed by atoms with Crippen LogP contribution < -0.4 is 0 Å². The quantitative estimate of drug-likeness (QED) is 0.188. The maximum absolute atomic E-state index is 6.51. The SMILES string of the molecule is c1ccc(-c2cccc(-c3cc(-c4ccc5c(c4)c4ccccc4n5-c4ccccc4)nc(-c4cccc5c4oc4ccccc45)c3)c2)cc1. The van der Waals surface area contributed by atoms with E-state index >= 15 is 0 Å². The van der Waals surface area contributed by atoms with Crippen molar-refractivity contribution in [1.82, 2.24) is 9.55 Å². The van der Waals surface area contributed by atoms with Gasteiger partial charge in [0, 0.05) is 38.4 Å². The molecule has 0 aliphatic heterocycles. The van der Waals surface area contributed by atoms with Gasteiger partial charge in [0.2, 0.25) is 0 Å². The van der Waals surface area contributed by atoms with Crippen LogP contribution in [-0.2, 0) is 0 Å². The Hall–Kier alpha value is -6.71. The van der Waals surface area contributed by atoms with E-state index in [1.54, 1.807) is 0 Å². The highest BCUT2D eigenvalue weighted by Crippen LogP contribution is 2.40. The Labute approximate surface area is 289 Å². The van der Waals surface area contributed by atoms with Crippen molar-refractivity contribution < 1.29 is 4.42 Å². The number of rotatable bonds is 5. The number of aromatic nitrogens is 2. The summed E-state index contributed by atoms with van der Waals surface area (Å²) in [4.78, 5) is 5.39. The summed E-state index contributed by atoms with van der Waals surface area (Å²) in [5.74, 6) is 0. The molecule has 0 saturated carbocycles. The molecule has 3 heterocycles. The number of furan rings is 1. The second kappa shape index (κ2) is 11.5. The summed E-state index contributed by atoms with van der Waals surface area (Å²) in [5.41, 5.74) is 13.6. The van der Waals surface area contributed by atoms with Crippen LogP contribution in [-0.4, -0.2) is 9.55 Å². The van der Waals surface area contributed by atoms with Crippen molar-refractivity contribution in [2.45, 2.75) is 0 Å². The van der Waals surface area contributed by atoms with E-state index in [9.17, 15) is 0 Å². The number of hydrogen-bond donors (Lipinski definition) is 0. The van der Waals surface area contributed by atoms with Crippen molar-refractivity contribution in [3.63, 3.8) is 0 Å². The third-order valence-electron chi connectivity index (χ3n) is 9.79. The molecule has 234 valence electrons. The normalized spacial score (nSPS) is 11.6. The summed E-state index contributed by atoms with van der Waals surface area (Å²) < 4.78 is 8.86. The zero-order valence-corrected chi connectivity index (χ0v) is 27.1. The van der Waals surface area contributed by atoms with Crippen molar-refractivity contribution in [1.29, 1.82) is 0 Å². The van der Waals surface area contributed by atoms with E-state index in [1.165, 1.54) is 32.9 Å². The largest absolute Gasteiger partial charge is 0.455 e. The van der Waals surface area contributed by atoms with Crippen molar-refractivity contribution in [3.8, 4) is 50.5 Å². The Morgan fingerprint density at radius 1 is 0.380 bits per heavy atom. The molecular formula is C47H30N2O. The van der Waals surface area contributed by atoms with Crippen molar-refractivity contribution in [2.75, 3.05) is 0 Å². The van der Waals surface area contributed by atoms with Gasteiger partial charge in [-0.2, -0.15) is 0 Å². The number of fused-ring (bicyclic) bond motifs is 6. The predicted molar refractivity (Wildman–Crippen MR) is 208 cm³/mol. The lowest BCUT2D eigenvalue weighted by molar-refractivity contribution is 0.670. The van der Waals surface area contributed by atoms with E-state index < -0.39 is 0 Å². The Morgan fingerprint density at radius 2 is 1.02 bits per heavy atom. The van der Waals surface area contributed by atoms with Crippen LogP contribution >= 0.6 is 0 Å². The number of pyridine rings is 1. The Balaban J connectivity index is 1.21. The summed E-state index contributed by atoms with van der Waals surface area (Å²) in [6.07, 6.45) is 0. The van der Waals surface area contributed by atoms with E-state index in [0.29, 0.717) is 0 Å². The summed E-state index contributed by atoms with van der Waals surface area (Å²) in [5, 5.41) is 4.61. The van der Waals surface area contributed by atoms with Crippen LogP contribution in [0.3, 0.4) is 0 Å². The summed E-state index contributed by atoms with van der Waals surface area (Å²) >= 11 is 0. The number of nitrogens with zero attached hydrogens (tertiary/aromatic N) is 2. The molecule has 0 fully saturated rings. The molecule has 0 radical (unpaired) electrons. The molecule has 0 amide bonds. The summed E-state index contributed by atoms with van der Waals surface area (Å²) in [6.45, 7) is 0. The second-order valence-corrected chi connectivity index (χ2v) is 12.8. The zero-order valence-electron chi connectivity index (χ0n) is 27.1. The Kier molecular flexibility index (Phi) is 6.49. The number of hydrogen-bond acceptors (Lipinski definition) is 2. The highest BCUT2D eigenvalue weighted by Gasteiger charge is 2.18. The number of para-hydroxylation sites is 4. The highest BCUT2D eigenvalue weighted by molar-refractivity contribution is 6.11. The average Bonchev–Trinajstić information content (AvgIpc) is 3.74. The molecule has 0 spiro atoms. The minimum Gasteiger partial charge on any atom is -0.455 e. The van der Waals surface area contributed by atoms with Crippen LogP contribution in [0.5, 0.6) is 0 Å². The molecule has 0 saturated heterocycles. The zero-order chi connectivity index (χ0) is 33.0. The molecule has 0 aliphatic carbocycles. The third kappa shape index (κ3) is 4.63. The van der Waals surface area contributed by atoms with Gasteiger partial charge < -0.3 is 8.98 Å². The molecule has 50 heavy (non-hydrogen) atoms. The molecule has 0 aliphatic rings. The van der Waals surface area contributed by atoms with Crippen LogP contribution in [0.15, 0.2) is 186 Å². The monoisotopic (exact) mass is 638 g/mol. The standard InChI is InChI=1S/C47H30N2O/c1-3-13-31(14-4-1)32-15-11-16-33(27-32)35-29-42(48-43(30-35)40-22-12-21-39-38-20-8-10-24-46(38)50-47(39)40)34-25-26-45-41(28-34)37-19-7-9-23-44(37)49(45)36-17-5-2-6-18-36/h1-30H. The predicted octanol–water partition coefficient (Wildman–Crippen LogP) is 12.7. The first-order valence-corrected chi connectivity index (χ1v) is 17.0. The Bertz CT molecular complexity index is 2860. The fraction of sp³-hybridized carbons (Fsp3) is 0. The van der Waals surface area contributed by atoms with Crippen molar-refractivity contribution in [2.24, 2.45) is 0 Å². The van der Waals surface area contributed by atoms with E-state index in [1.807, 2.05) is 12.1 Å². The van der Waals surface area contributed by atoms with Gasteiger partial charge in [-0.1, -0.05) is 121 Å². The van der Waals surface area contributed by atoms with Crippen LogP contribution in [0.4, 0.5) is 0 Å². The first-order chi connectivity index (χ1) is 24.8. The second-order valence-electron chi connectivity index (χ2n) is 12.8. The third-order valence-corrected chi connectivity index (χ3v) is 9.79. The molecule has 10 aromatic rings. The average molecular weight is 639 g/mol. The molecule has 10 rings (SSSR count). The van der Waals surface area contributed by atoms with Crippen LogP contribution in [0.2, 0.25) is 0 Å². The molecule has 3 nitrogen and oxygen atoms in total. The highest BCUT2D eigenvalue weighted by atomic mass is 16.3. The fourth-order valence-corrected chi connectivity index (χ4v) is 7.43. The summed E-state index contributed by atoms with van der Waals surface area (Å²) in [7, 11) is 0. The lowest BCUT2D eigenvalue weighted by Gasteiger charge is -2.12. The fourth-order valence-electron chi connectivity index (χ4n) is 7.43. The van der Waals surface area contributed by atoms with Crippen molar-refractivity contribution >= 4 is 43.7 Å². The molecule has 0 unspecified atom stereocenters. The minimum atomic E-state index is 0.851. The first kappa shape index (κ1) is 28.3. The molecule has 3 heteroatoms.